The summed E-state index contributed by atoms with van der Waals surface area (Å²) < 4.78 is 15.0. The highest BCUT2D eigenvalue weighted by molar-refractivity contribution is 9.10. The van der Waals surface area contributed by atoms with Gasteiger partial charge in [-0.1, -0.05) is 15.9 Å². The summed E-state index contributed by atoms with van der Waals surface area (Å²) in [6, 6.07) is 4.10. The lowest BCUT2D eigenvalue weighted by molar-refractivity contribution is -0.144. The molecule has 5 heteroatoms. The number of rotatable bonds is 1. The summed E-state index contributed by atoms with van der Waals surface area (Å²) in [7, 11) is 0. The number of hydrogen-bond donors (Lipinski definition) is 1. The number of carbonyl (C=O) groups excluding carboxylic acids is 1. The van der Waals surface area contributed by atoms with E-state index < -0.39 is 11.6 Å². The van der Waals surface area contributed by atoms with Gasteiger partial charge in [-0.25, -0.2) is 4.39 Å². The summed E-state index contributed by atoms with van der Waals surface area (Å²) in [4.78, 5) is 14.0. The average molecular weight is 343 g/mol. The van der Waals surface area contributed by atoms with Crippen LogP contribution in [0.15, 0.2) is 22.7 Å². The molecule has 1 fully saturated rings. The first-order valence-electron chi connectivity index (χ1n) is 6.74. The van der Waals surface area contributed by atoms with Gasteiger partial charge in [0.1, 0.15) is 5.82 Å². The molecule has 20 heavy (non-hydrogen) atoms. The molecule has 0 saturated carbocycles. The first-order valence-corrected chi connectivity index (χ1v) is 7.54. The second-order valence-electron chi connectivity index (χ2n) is 6.25. The van der Waals surface area contributed by atoms with E-state index in [0.717, 1.165) is 4.47 Å². The Kier molecular flexibility index (Phi) is 4.21. The van der Waals surface area contributed by atoms with E-state index in [0.29, 0.717) is 18.4 Å². The third-order valence-electron chi connectivity index (χ3n) is 3.64. The number of piperidine rings is 1. The maximum atomic E-state index is 14.2. The predicted molar refractivity (Wildman–Crippen MR) is 80.6 cm³/mol. The lowest BCUT2D eigenvalue weighted by atomic mass is 9.86. The Bertz CT molecular complexity index is 527. The quantitative estimate of drug-likeness (QED) is 0.850. The molecule has 1 aromatic carbocycles. The lowest BCUT2D eigenvalue weighted by Gasteiger charge is -2.47. The van der Waals surface area contributed by atoms with Crippen molar-refractivity contribution in [3.05, 3.63) is 34.1 Å². The van der Waals surface area contributed by atoms with Crippen LogP contribution in [0, 0.1) is 5.82 Å². The Morgan fingerprint density at radius 2 is 2.05 bits per heavy atom. The third-order valence-corrected chi connectivity index (χ3v) is 4.14. The third kappa shape index (κ3) is 2.88. The standard InChI is InChI=1S/C15H20BrFN2O/c1-15(2,3)19-13(20)7-6-12(18)14(19)10-8-9(16)4-5-11(10)17/h4-5,8,12,14H,6-7,18H2,1-3H3. The van der Waals surface area contributed by atoms with Gasteiger partial charge in [-0.3, -0.25) is 4.79 Å². The normalized spacial score (nSPS) is 24.1. The Labute approximate surface area is 127 Å². The van der Waals surface area contributed by atoms with Gasteiger partial charge in [0.2, 0.25) is 5.91 Å². The molecule has 0 spiro atoms. The molecule has 2 N–H and O–H groups in total. The molecular formula is C15H20BrFN2O. The van der Waals surface area contributed by atoms with E-state index in [1.54, 1.807) is 17.0 Å². The number of nitrogens with two attached hydrogens (primary N) is 1. The second kappa shape index (κ2) is 5.45. The number of carbonyl (C=O) groups is 1. The van der Waals surface area contributed by atoms with Gasteiger partial charge in [-0.15, -0.1) is 0 Å². The zero-order chi connectivity index (χ0) is 15.1. The van der Waals surface area contributed by atoms with Crippen molar-refractivity contribution in [2.24, 2.45) is 5.73 Å². The van der Waals surface area contributed by atoms with Gasteiger partial charge >= 0.3 is 0 Å². The van der Waals surface area contributed by atoms with Crippen LogP contribution in [0.5, 0.6) is 0 Å². The van der Waals surface area contributed by atoms with Crippen molar-refractivity contribution in [2.45, 2.75) is 51.2 Å². The molecule has 1 aliphatic heterocycles. The van der Waals surface area contributed by atoms with Crippen LogP contribution in [0.2, 0.25) is 0 Å². The number of halogens is 2. The fourth-order valence-electron chi connectivity index (χ4n) is 2.82. The number of benzene rings is 1. The van der Waals surface area contributed by atoms with E-state index in [1.165, 1.54) is 6.07 Å². The van der Waals surface area contributed by atoms with E-state index in [4.69, 9.17) is 5.73 Å². The highest BCUT2D eigenvalue weighted by atomic mass is 79.9. The number of likely N-dealkylation sites (tertiary alicyclic amines) is 1. The molecule has 0 bridgehead atoms. The Morgan fingerprint density at radius 3 is 2.65 bits per heavy atom. The van der Waals surface area contributed by atoms with E-state index >= 15 is 0 Å². The maximum absolute atomic E-state index is 14.2. The SMILES string of the molecule is CC(C)(C)N1C(=O)CCC(N)C1c1cc(Br)ccc1F. The molecule has 1 aromatic rings. The Morgan fingerprint density at radius 1 is 1.40 bits per heavy atom. The monoisotopic (exact) mass is 342 g/mol. The predicted octanol–water partition coefficient (Wildman–Crippen LogP) is 3.38. The minimum atomic E-state index is -0.422. The van der Waals surface area contributed by atoms with Crippen molar-refractivity contribution in [1.29, 1.82) is 0 Å². The number of hydrogen-bond acceptors (Lipinski definition) is 2. The minimum absolute atomic E-state index is 0.0311. The fraction of sp³-hybridized carbons (Fsp3) is 0.533. The lowest BCUT2D eigenvalue weighted by Crippen LogP contribution is -2.56. The van der Waals surface area contributed by atoms with Gasteiger partial charge in [0, 0.05) is 28.0 Å². The summed E-state index contributed by atoms with van der Waals surface area (Å²) >= 11 is 3.36. The largest absolute Gasteiger partial charge is 0.329 e. The van der Waals surface area contributed by atoms with Crippen LogP contribution in [-0.4, -0.2) is 22.4 Å². The second-order valence-corrected chi connectivity index (χ2v) is 7.16. The molecule has 0 radical (unpaired) electrons. The minimum Gasteiger partial charge on any atom is -0.329 e. The highest BCUT2D eigenvalue weighted by Gasteiger charge is 2.41. The van der Waals surface area contributed by atoms with E-state index in [2.05, 4.69) is 15.9 Å². The summed E-state index contributed by atoms with van der Waals surface area (Å²) in [5.74, 6) is -0.291. The molecule has 1 aliphatic rings. The van der Waals surface area contributed by atoms with Crippen LogP contribution < -0.4 is 5.73 Å². The summed E-state index contributed by atoms with van der Waals surface area (Å²) in [6.07, 6.45) is 1.01. The molecule has 1 saturated heterocycles. The van der Waals surface area contributed by atoms with E-state index in [1.807, 2.05) is 20.8 Å². The molecule has 3 nitrogen and oxygen atoms in total. The molecule has 2 rings (SSSR count). The van der Waals surface area contributed by atoms with Gasteiger partial charge in [0.15, 0.2) is 0 Å². The van der Waals surface area contributed by atoms with Gasteiger partial charge in [0.25, 0.3) is 0 Å². The summed E-state index contributed by atoms with van der Waals surface area (Å²) in [5.41, 5.74) is 6.29. The van der Waals surface area contributed by atoms with Crippen molar-refractivity contribution in [3.8, 4) is 0 Å². The van der Waals surface area contributed by atoms with Gasteiger partial charge in [-0.05, 0) is 45.4 Å². The van der Waals surface area contributed by atoms with Crippen molar-refractivity contribution in [1.82, 2.24) is 4.90 Å². The smallest absolute Gasteiger partial charge is 0.223 e. The molecule has 0 aromatic heterocycles. The van der Waals surface area contributed by atoms with E-state index in [-0.39, 0.29) is 17.8 Å². The molecule has 1 amide bonds. The van der Waals surface area contributed by atoms with Crippen LogP contribution in [0.25, 0.3) is 0 Å². The summed E-state index contributed by atoms with van der Waals surface area (Å²) in [6.45, 7) is 5.85. The zero-order valence-corrected chi connectivity index (χ0v) is 13.6. The van der Waals surface area contributed by atoms with Crippen LogP contribution in [0.3, 0.4) is 0 Å². The maximum Gasteiger partial charge on any atom is 0.223 e. The van der Waals surface area contributed by atoms with Crippen molar-refractivity contribution >= 4 is 21.8 Å². The highest BCUT2D eigenvalue weighted by Crippen LogP contribution is 2.38. The average Bonchev–Trinajstić information content (AvgIpc) is 2.33. The first-order chi connectivity index (χ1) is 9.21. The van der Waals surface area contributed by atoms with Crippen molar-refractivity contribution in [2.75, 3.05) is 0 Å². The van der Waals surface area contributed by atoms with Crippen LogP contribution in [0.4, 0.5) is 4.39 Å². The van der Waals surface area contributed by atoms with Crippen LogP contribution >= 0.6 is 15.9 Å². The number of amides is 1. The van der Waals surface area contributed by atoms with Gasteiger partial charge in [0.05, 0.1) is 6.04 Å². The molecular weight excluding hydrogens is 323 g/mol. The molecule has 2 atom stereocenters. The van der Waals surface area contributed by atoms with Crippen LogP contribution in [-0.2, 0) is 4.79 Å². The molecule has 1 heterocycles. The molecule has 2 unspecified atom stereocenters. The number of nitrogens with zero attached hydrogens (tertiary/aromatic N) is 1. The topological polar surface area (TPSA) is 46.3 Å². The van der Waals surface area contributed by atoms with Crippen LogP contribution in [0.1, 0.15) is 45.2 Å². The van der Waals surface area contributed by atoms with Gasteiger partial charge < -0.3 is 10.6 Å². The molecule has 110 valence electrons. The Balaban J connectivity index is 2.53. The first kappa shape index (κ1) is 15.4. The van der Waals surface area contributed by atoms with Crippen molar-refractivity contribution in [3.63, 3.8) is 0 Å². The molecule has 0 aliphatic carbocycles. The van der Waals surface area contributed by atoms with E-state index in [9.17, 15) is 9.18 Å². The van der Waals surface area contributed by atoms with Gasteiger partial charge in [-0.2, -0.15) is 0 Å². The fourth-order valence-corrected chi connectivity index (χ4v) is 3.20. The zero-order valence-electron chi connectivity index (χ0n) is 12.0. The van der Waals surface area contributed by atoms with Crippen molar-refractivity contribution < 1.29 is 9.18 Å². The summed E-state index contributed by atoms with van der Waals surface area (Å²) in [5, 5.41) is 0. The Hall–Kier alpha value is -0.940.